The minimum Gasteiger partial charge on any atom is -0.322 e. The molecule has 0 aliphatic rings. The minimum absolute atomic E-state index is 0.146. The predicted molar refractivity (Wildman–Crippen MR) is 97.7 cm³/mol. The van der Waals surface area contributed by atoms with E-state index < -0.39 is 29.0 Å². The molecule has 3 rings (SSSR count). The number of carbonyl (C=O) groups excluding carboxylic acids is 1. The van der Waals surface area contributed by atoms with Gasteiger partial charge >= 0.3 is 0 Å². The van der Waals surface area contributed by atoms with Crippen LogP contribution in [0.4, 0.5) is 18.9 Å². The van der Waals surface area contributed by atoms with Gasteiger partial charge in [-0.1, -0.05) is 60.7 Å². The highest BCUT2D eigenvalue weighted by molar-refractivity contribution is 5.92. The van der Waals surface area contributed by atoms with Gasteiger partial charge < -0.3 is 5.32 Å². The summed E-state index contributed by atoms with van der Waals surface area (Å²) < 4.78 is 40.0. The van der Waals surface area contributed by atoms with Gasteiger partial charge in [0.1, 0.15) is 0 Å². The number of benzene rings is 3. The molecule has 0 aliphatic heterocycles. The molecule has 138 valence electrons. The molecular weight excluding hydrogens is 353 g/mol. The largest absolute Gasteiger partial charge is 0.322 e. The van der Waals surface area contributed by atoms with Crippen molar-refractivity contribution in [3.63, 3.8) is 0 Å². The maximum Gasteiger partial charge on any atom is 0.238 e. The maximum atomic E-state index is 13.7. The molecule has 0 atom stereocenters. The average Bonchev–Trinajstić information content (AvgIpc) is 2.70. The molecule has 0 aromatic heterocycles. The van der Waals surface area contributed by atoms with Crippen molar-refractivity contribution in [1.82, 2.24) is 5.32 Å². The molecule has 0 radical (unpaired) electrons. The number of hydrogen-bond acceptors (Lipinski definition) is 2. The third-order valence-corrected chi connectivity index (χ3v) is 4.04. The van der Waals surface area contributed by atoms with Gasteiger partial charge in [0.2, 0.25) is 5.91 Å². The van der Waals surface area contributed by atoms with E-state index >= 15 is 0 Å². The van der Waals surface area contributed by atoms with E-state index in [-0.39, 0.29) is 12.6 Å². The summed E-state index contributed by atoms with van der Waals surface area (Å²) in [6, 6.07) is 20.6. The Morgan fingerprint density at radius 3 is 1.89 bits per heavy atom. The van der Waals surface area contributed by atoms with E-state index in [0.717, 1.165) is 23.3 Å². The molecule has 6 heteroatoms. The fourth-order valence-electron chi connectivity index (χ4n) is 2.73. The van der Waals surface area contributed by atoms with Gasteiger partial charge in [-0.2, -0.15) is 0 Å². The van der Waals surface area contributed by atoms with Gasteiger partial charge in [-0.15, -0.1) is 0 Å². The van der Waals surface area contributed by atoms with Gasteiger partial charge in [0.05, 0.1) is 18.3 Å². The van der Waals surface area contributed by atoms with Crippen LogP contribution in [-0.2, 0) is 4.79 Å². The lowest BCUT2D eigenvalue weighted by Gasteiger charge is -2.20. The number of rotatable bonds is 6. The summed E-state index contributed by atoms with van der Waals surface area (Å²) in [6.45, 7) is -0.146. The first kappa shape index (κ1) is 18.7. The molecule has 0 heterocycles. The van der Waals surface area contributed by atoms with E-state index in [4.69, 9.17) is 0 Å². The topological polar surface area (TPSA) is 41.1 Å². The summed E-state index contributed by atoms with van der Waals surface area (Å²) in [6.07, 6.45) is 0. The van der Waals surface area contributed by atoms with Crippen molar-refractivity contribution in [2.24, 2.45) is 0 Å². The number of halogens is 3. The minimum atomic E-state index is -1.62. The third kappa shape index (κ3) is 4.54. The Kier molecular flexibility index (Phi) is 5.88. The molecule has 0 unspecified atom stereocenters. The van der Waals surface area contributed by atoms with Gasteiger partial charge in [-0.05, 0) is 23.3 Å². The summed E-state index contributed by atoms with van der Waals surface area (Å²) in [7, 11) is 0. The normalized spacial score (nSPS) is 10.8. The Balaban J connectivity index is 1.72. The zero-order chi connectivity index (χ0) is 19.2. The monoisotopic (exact) mass is 370 g/mol. The number of hydrogen-bond donors (Lipinski definition) is 2. The van der Waals surface area contributed by atoms with Crippen LogP contribution in [0.3, 0.4) is 0 Å². The quantitative estimate of drug-likeness (QED) is 0.631. The van der Waals surface area contributed by atoms with E-state index in [1.54, 1.807) is 0 Å². The summed E-state index contributed by atoms with van der Waals surface area (Å²) >= 11 is 0. The van der Waals surface area contributed by atoms with Crippen molar-refractivity contribution < 1.29 is 18.0 Å². The molecule has 0 bridgehead atoms. The first-order chi connectivity index (χ1) is 13.1. The zero-order valence-corrected chi connectivity index (χ0v) is 14.3. The molecule has 3 aromatic rings. The average molecular weight is 370 g/mol. The molecule has 0 saturated carbocycles. The number of nitrogens with one attached hydrogen (secondary N) is 2. The Morgan fingerprint density at radius 1 is 0.778 bits per heavy atom. The molecule has 3 nitrogen and oxygen atoms in total. The highest BCUT2D eigenvalue weighted by Crippen LogP contribution is 2.22. The van der Waals surface area contributed by atoms with Gasteiger partial charge in [0.15, 0.2) is 17.5 Å². The second kappa shape index (κ2) is 8.51. The van der Waals surface area contributed by atoms with Crippen LogP contribution in [0.15, 0.2) is 72.8 Å². The second-order valence-corrected chi connectivity index (χ2v) is 5.91. The first-order valence-electron chi connectivity index (χ1n) is 8.33. The van der Waals surface area contributed by atoms with Crippen LogP contribution in [0.5, 0.6) is 0 Å². The van der Waals surface area contributed by atoms with Crippen molar-refractivity contribution in [1.29, 1.82) is 0 Å². The predicted octanol–water partition coefficient (Wildman–Crippen LogP) is 4.42. The van der Waals surface area contributed by atoms with Crippen LogP contribution in [-0.4, -0.2) is 12.5 Å². The molecular formula is C21H17F3N2O. The summed E-state index contributed by atoms with van der Waals surface area (Å²) in [4.78, 5) is 12.2. The summed E-state index contributed by atoms with van der Waals surface area (Å²) in [5, 5.41) is 5.37. The van der Waals surface area contributed by atoms with Crippen LogP contribution in [0, 0.1) is 17.5 Å². The maximum absolute atomic E-state index is 13.7. The molecule has 3 aromatic carbocycles. The fourth-order valence-corrected chi connectivity index (χ4v) is 2.73. The Bertz CT molecular complexity index is 878. The van der Waals surface area contributed by atoms with Gasteiger partial charge in [0, 0.05) is 0 Å². The highest BCUT2D eigenvalue weighted by atomic mass is 19.2. The van der Waals surface area contributed by atoms with Gasteiger partial charge in [-0.25, -0.2) is 13.2 Å². The van der Waals surface area contributed by atoms with Crippen molar-refractivity contribution in [3.8, 4) is 0 Å². The number of carbonyl (C=O) groups is 1. The zero-order valence-electron chi connectivity index (χ0n) is 14.3. The number of amides is 1. The summed E-state index contributed by atoms with van der Waals surface area (Å²) in [5.74, 6) is -4.92. The van der Waals surface area contributed by atoms with Crippen LogP contribution >= 0.6 is 0 Å². The number of anilines is 1. The fraction of sp³-hybridized carbons (Fsp3) is 0.0952. The van der Waals surface area contributed by atoms with Crippen LogP contribution in [0.2, 0.25) is 0 Å². The van der Waals surface area contributed by atoms with E-state index in [1.807, 2.05) is 60.7 Å². The highest BCUT2D eigenvalue weighted by Gasteiger charge is 2.17. The molecule has 1 amide bonds. The Morgan fingerprint density at radius 2 is 1.33 bits per heavy atom. The Hall–Kier alpha value is -3.12. The standard InChI is InChI=1S/C21H17F3N2O/c22-16-11-12-17(20(24)19(16)23)26-18(27)13-25-21(14-7-3-1-4-8-14)15-9-5-2-6-10-15/h1-12,21,25H,13H2,(H,26,27). The van der Waals surface area contributed by atoms with E-state index in [2.05, 4.69) is 10.6 Å². The second-order valence-electron chi connectivity index (χ2n) is 5.91. The smallest absolute Gasteiger partial charge is 0.238 e. The molecule has 27 heavy (non-hydrogen) atoms. The molecule has 0 fully saturated rings. The lowest BCUT2D eigenvalue weighted by atomic mass is 9.99. The lowest BCUT2D eigenvalue weighted by Crippen LogP contribution is -2.32. The van der Waals surface area contributed by atoms with Crippen LogP contribution in [0.1, 0.15) is 17.2 Å². The molecule has 0 spiro atoms. The van der Waals surface area contributed by atoms with Crippen molar-refractivity contribution in [2.45, 2.75) is 6.04 Å². The van der Waals surface area contributed by atoms with E-state index in [0.29, 0.717) is 0 Å². The van der Waals surface area contributed by atoms with E-state index in [1.165, 1.54) is 0 Å². The first-order valence-corrected chi connectivity index (χ1v) is 8.33. The molecule has 0 saturated heterocycles. The van der Waals surface area contributed by atoms with Crippen molar-refractivity contribution in [3.05, 3.63) is 101 Å². The van der Waals surface area contributed by atoms with Crippen molar-refractivity contribution >= 4 is 11.6 Å². The SMILES string of the molecule is O=C(CNC(c1ccccc1)c1ccccc1)Nc1ccc(F)c(F)c1F. The Labute approximate surface area is 154 Å². The van der Waals surface area contributed by atoms with Crippen molar-refractivity contribution in [2.75, 3.05) is 11.9 Å². The molecule has 0 aliphatic carbocycles. The third-order valence-electron chi connectivity index (χ3n) is 4.04. The van der Waals surface area contributed by atoms with Crippen LogP contribution in [0.25, 0.3) is 0 Å². The molecule has 2 N–H and O–H groups in total. The van der Waals surface area contributed by atoms with E-state index in [9.17, 15) is 18.0 Å². The summed E-state index contributed by atoms with van der Waals surface area (Å²) in [5.41, 5.74) is 1.50. The van der Waals surface area contributed by atoms with Gasteiger partial charge in [0.25, 0.3) is 0 Å². The van der Waals surface area contributed by atoms with Gasteiger partial charge in [-0.3, -0.25) is 10.1 Å². The lowest BCUT2D eigenvalue weighted by molar-refractivity contribution is -0.115. The van der Waals surface area contributed by atoms with Crippen LogP contribution < -0.4 is 10.6 Å².